The third-order valence-corrected chi connectivity index (χ3v) is 10.4. The predicted molar refractivity (Wildman–Crippen MR) is 212 cm³/mol. The van der Waals surface area contributed by atoms with E-state index in [4.69, 9.17) is 0 Å². The molecule has 0 nitrogen and oxygen atoms in total. The number of rotatable bonds is 7. The van der Waals surface area contributed by atoms with E-state index in [-0.39, 0.29) is 0 Å². The summed E-state index contributed by atoms with van der Waals surface area (Å²) >= 11 is 0. The van der Waals surface area contributed by atoms with Crippen LogP contribution in [0.2, 0.25) is 0 Å². The van der Waals surface area contributed by atoms with Crippen LogP contribution >= 0.6 is 0 Å². The Morgan fingerprint density at radius 2 is 1.15 bits per heavy atom. The van der Waals surface area contributed by atoms with Crippen LogP contribution in [0.1, 0.15) is 50.8 Å². The maximum absolute atomic E-state index is 2.41. The van der Waals surface area contributed by atoms with E-state index in [0.717, 1.165) is 6.42 Å². The molecule has 7 aromatic rings. The molecule has 0 bridgehead atoms. The van der Waals surface area contributed by atoms with Crippen molar-refractivity contribution >= 4 is 37.9 Å². The first-order chi connectivity index (χ1) is 23.4. The molecule has 0 aliphatic rings. The Kier molecular flexibility index (Phi) is 8.59. The second-order valence-corrected chi connectivity index (χ2v) is 13.4. The lowest BCUT2D eigenvalue weighted by atomic mass is 9.83. The van der Waals surface area contributed by atoms with Crippen LogP contribution in [-0.4, -0.2) is 0 Å². The second-order valence-electron chi connectivity index (χ2n) is 13.4. The van der Waals surface area contributed by atoms with Crippen LogP contribution in [0.25, 0.3) is 71.3 Å². The van der Waals surface area contributed by atoms with Gasteiger partial charge in [-0.05, 0) is 128 Å². The molecule has 0 N–H and O–H groups in total. The van der Waals surface area contributed by atoms with Crippen molar-refractivity contribution in [2.24, 2.45) is 5.92 Å². The Bertz CT molecular complexity index is 2320. The number of hydrogen-bond acceptors (Lipinski definition) is 0. The monoisotopic (exact) mass is 620 g/mol. The minimum atomic E-state index is 0.525. The fraction of sp³-hybridized carbons (Fsp3) is 0.167. The van der Waals surface area contributed by atoms with Gasteiger partial charge in [-0.2, -0.15) is 0 Å². The fourth-order valence-electron chi connectivity index (χ4n) is 7.64. The predicted octanol–water partition coefficient (Wildman–Crippen LogP) is 14.2. The number of benzene rings is 7. The van der Waals surface area contributed by atoms with Crippen molar-refractivity contribution in [3.05, 3.63) is 162 Å². The highest BCUT2D eigenvalue weighted by atomic mass is 14.2. The van der Waals surface area contributed by atoms with E-state index < -0.39 is 0 Å². The normalized spacial score (nSPS) is 13.0. The van der Waals surface area contributed by atoms with Gasteiger partial charge in [0, 0.05) is 0 Å². The molecule has 0 heterocycles. The van der Waals surface area contributed by atoms with Gasteiger partial charge in [0.1, 0.15) is 0 Å². The molecule has 48 heavy (non-hydrogen) atoms. The van der Waals surface area contributed by atoms with Gasteiger partial charge in [0.15, 0.2) is 0 Å². The lowest BCUT2D eigenvalue weighted by Gasteiger charge is -2.20. The van der Waals surface area contributed by atoms with Crippen LogP contribution in [0, 0.1) is 19.8 Å². The van der Waals surface area contributed by atoms with Gasteiger partial charge >= 0.3 is 0 Å². The maximum atomic E-state index is 2.41. The Morgan fingerprint density at radius 1 is 0.583 bits per heavy atom. The highest BCUT2D eigenvalue weighted by Crippen LogP contribution is 2.46. The molecular weight excluding hydrogens is 577 g/mol. The smallest absolute Gasteiger partial charge is 0.00201 e. The Morgan fingerprint density at radius 3 is 1.75 bits per heavy atom. The summed E-state index contributed by atoms with van der Waals surface area (Å²) in [5.74, 6) is 0.525. The molecule has 7 rings (SSSR count). The average molecular weight is 621 g/mol. The van der Waals surface area contributed by atoms with E-state index >= 15 is 0 Å². The molecule has 0 saturated heterocycles. The summed E-state index contributed by atoms with van der Waals surface area (Å²) in [5.41, 5.74) is 14.3. The van der Waals surface area contributed by atoms with Gasteiger partial charge in [0.2, 0.25) is 0 Å². The summed E-state index contributed by atoms with van der Waals surface area (Å²) in [6.45, 7) is 13.4. The summed E-state index contributed by atoms with van der Waals surface area (Å²) in [6.07, 6.45) is 5.58. The van der Waals surface area contributed by atoms with Crippen molar-refractivity contribution in [2.45, 2.75) is 48.0 Å². The number of hydrogen-bond donors (Lipinski definition) is 0. The minimum Gasteiger partial charge on any atom is -0.0870 e. The largest absolute Gasteiger partial charge is 0.0870 e. The van der Waals surface area contributed by atoms with Crippen molar-refractivity contribution in [3.8, 4) is 33.4 Å². The first kappa shape index (κ1) is 31.4. The lowest BCUT2D eigenvalue weighted by molar-refractivity contribution is 0.658. The molecule has 0 amide bonds. The average Bonchev–Trinajstić information content (AvgIpc) is 3.12. The standard InChI is InChI=1S/C48H44/c1-7-16-38(34(6)32(4)8-2)35-17-13-18-36(30-35)47-43-19-9-11-21-45(43)48(46-22-12-10-20-44(46)47)42-26-15-24-40-39(23-14-25-41(40)42)37-28-27-31(3)29-33(37)5/h7,9-30,32H,8H2,1-6H3/b16-7-,38-34+/t32-/m1/s1. The molecule has 0 radical (unpaired) electrons. The Labute approximate surface area is 286 Å². The van der Waals surface area contributed by atoms with Gasteiger partial charge in [0.25, 0.3) is 0 Å². The van der Waals surface area contributed by atoms with Gasteiger partial charge in [0.05, 0.1) is 0 Å². The zero-order valence-electron chi connectivity index (χ0n) is 29.1. The summed E-state index contributed by atoms with van der Waals surface area (Å²) in [4.78, 5) is 0. The molecule has 7 aromatic carbocycles. The summed E-state index contributed by atoms with van der Waals surface area (Å²) < 4.78 is 0. The van der Waals surface area contributed by atoms with Gasteiger partial charge in [-0.25, -0.2) is 0 Å². The molecule has 0 aliphatic carbocycles. The molecule has 0 fully saturated rings. The molecule has 0 spiro atoms. The van der Waals surface area contributed by atoms with Crippen molar-refractivity contribution in [1.82, 2.24) is 0 Å². The van der Waals surface area contributed by atoms with Crippen molar-refractivity contribution in [1.29, 1.82) is 0 Å². The quantitative estimate of drug-likeness (QED) is 0.123. The highest BCUT2D eigenvalue weighted by molar-refractivity contribution is 6.24. The topological polar surface area (TPSA) is 0 Å². The molecule has 1 atom stereocenters. The Hall–Kier alpha value is -5.20. The van der Waals surface area contributed by atoms with Crippen molar-refractivity contribution < 1.29 is 0 Å². The highest BCUT2D eigenvalue weighted by Gasteiger charge is 2.19. The van der Waals surface area contributed by atoms with E-state index in [2.05, 4.69) is 181 Å². The van der Waals surface area contributed by atoms with E-state index in [1.807, 2.05) is 0 Å². The van der Waals surface area contributed by atoms with Crippen LogP contribution in [0.5, 0.6) is 0 Å². The SMILES string of the molecule is C/C=C\C(=C(\C)[C@H](C)CC)c1cccc(-c2c3ccccc3c(-c3cccc4c(-c5ccc(C)cc5C)cccc34)c3ccccc23)c1. The summed E-state index contributed by atoms with van der Waals surface area (Å²) in [5, 5.41) is 7.68. The number of aryl methyl sites for hydroxylation is 2. The number of fused-ring (bicyclic) bond motifs is 3. The Balaban J connectivity index is 1.52. The van der Waals surface area contributed by atoms with Gasteiger partial charge in [-0.15, -0.1) is 0 Å². The molecule has 0 heteroatoms. The number of allylic oxidation sites excluding steroid dienone is 4. The fourth-order valence-corrected chi connectivity index (χ4v) is 7.64. The van der Waals surface area contributed by atoms with Crippen LogP contribution in [-0.2, 0) is 0 Å². The first-order valence-electron chi connectivity index (χ1n) is 17.4. The third kappa shape index (κ3) is 5.46. The van der Waals surface area contributed by atoms with Gasteiger partial charge < -0.3 is 0 Å². The first-order valence-corrected chi connectivity index (χ1v) is 17.4. The van der Waals surface area contributed by atoms with Crippen LogP contribution in [0.3, 0.4) is 0 Å². The zero-order chi connectivity index (χ0) is 33.4. The van der Waals surface area contributed by atoms with E-state index in [0.29, 0.717) is 5.92 Å². The molecule has 0 aromatic heterocycles. The lowest BCUT2D eigenvalue weighted by Crippen LogP contribution is -1.98. The van der Waals surface area contributed by atoms with E-state index in [1.54, 1.807) is 0 Å². The molecular formula is C48H44. The van der Waals surface area contributed by atoms with Crippen LogP contribution < -0.4 is 0 Å². The summed E-state index contributed by atoms with van der Waals surface area (Å²) in [7, 11) is 0. The molecule has 236 valence electrons. The second kappa shape index (κ2) is 13.1. The van der Waals surface area contributed by atoms with Crippen molar-refractivity contribution in [2.75, 3.05) is 0 Å². The van der Waals surface area contributed by atoms with E-state index in [1.165, 1.54) is 93.5 Å². The van der Waals surface area contributed by atoms with Crippen LogP contribution in [0.4, 0.5) is 0 Å². The van der Waals surface area contributed by atoms with E-state index in [9.17, 15) is 0 Å². The maximum Gasteiger partial charge on any atom is -0.00201 e. The van der Waals surface area contributed by atoms with Gasteiger partial charge in [-0.3, -0.25) is 0 Å². The van der Waals surface area contributed by atoms with Crippen LogP contribution in [0.15, 0.2) is 145 Å². The zero-order valence-corrected chi connectivity index (χ0v) is 29.1. The molecule has 0 saturated carbocycles. The molecule has 0 aliphatic heterocycles. The third-order valence-electron chi connectivity index (χ3n) is 10.4. The summed E-state index contributed by atoms with van der Waals surface area (Å²) in [6, 6.07) is 47.6. The van der Waals surface area contributed by atoms with Gasteiger partial charge in [-0.1, -0.05) is 158 Å². The molecule has 0 unspecified atom stereocenters. The van der Waals surface area contributed by atoms with Crippen molar-refractivity contribution in [3.63, 3.8) is 0 Å². The minimum absolute atomic E-state index is 0.525.